The molecule has 1 heterocycles. The van der Waals surface area contributed by atoms with Crippen LogP contribution in [0.2, 0.25) is 0 Å². The predicted octanol–water partition coefficient (Wildman–Crippen LogP) is 2.55. The van der Waals surface area contributed by atoms with Crippen LogP contribution in [0.25, 0.3) is 0 Å². The van der Waals surface area contributed by atoms with Crippen LogP contribution in [0.15, 0.2) is 30.3 Å². The molecule has 1 aliphatic carbocycles. The zero-order valence-corrected chi connectivity index (χ0v) is 14.2. The summed E-state index contributed by atoms with van der Waals surface area (Å²) in [6, 6.07) is 10.1. The van der Waals surface area contributed by atoms with Gasteiger partial charge in [-0.15, -0.1) is 0 Å². The molecule has 2 fully saturated rings. The third kappa shape index (κ3) is 3.80. The van der Waals surface area contributed by atoms with E-state index in [0.29, 0.717) is 32.2 Å². The zero-order valence-electron chi connectivity index (χ0n) is 14.2. The first-order valence-electron chi connectivity index (χ1n) is 8.62. The smallest absolute Gasteiger partial charge is 0.410 e. The maximum atomic E-state index is 12.4. The Morgan fingerprint density at radius 3 is 2.29 bits per heavy atom. The second kappa shape index (κ2) is 7.55. The lowest BCUT2D eigenvalue weighted by molar-refractivity contribution is 0.0670. The van der Waals surface area contributed by atoms with E-state index in [0.717, 1.165) is 18.4 Å². The molecule has 3 rings (SSSR count). The standard InChI is InChI=1S/C18H25N3O3/c1-19(16-8-5-9-16)17(22)20-10-12-21(13-11-20)18(23)24-14-15-6-3-2-4-7-15/h2-4,6-7,16H,5,8-14H2,1H3. The highest BCUT2D eigenvalue weighted by atomic mass is 16.6. The molecule has 3 amide bonds. The Morgan fingerprint density at radius 2 is 1.71 bits per heavy atom. The molecule has 1 saturated heterocycles. The lowest BCUT2D eigenvalue weighted by atomic mass is 9.92. The third-order valence-electron chi connectivity index (χ3n) is 4.94. The molecule has 0 unspecified atom stereocenters. The number of carbonyl (C=O) groups is 2. The number of urea groups is 1. The average Bonchev–Trinajstić information content (AvgIpc) is 2.58. The predicted molar refractivity (Wildman–Crippen MR) is 90.6 cm³/mol. The highest BCUT2D eigenvalue weighted by Gasteiger charge is 2.31. The fourth-order valence-corrected chi connectivity index (χ4v) is 3.04. The summed E-state index contributed by atoms with van der Waals surface area (Å²) in [6.45, 7) is 2.46. The molecule has 0 bridgehead atoms. The van der Waals surface area contributed by atoms with Crippen molar-refractivity contribution in [3.8, 4) is 0 Å². The van der Waals surface area contributed by atoms with Gasteiger partial charge in [-0.05, 0) is 24.8 Å². The number of piperazine rings is 1. The van der Waals surface area contributed by atoms with Crippen molar-refractivity contribution in [2.24, 2.45) is 0 Å². The molecule has 6 heteroatoms. The third-order valence-corrected chi connectivity index (χ3v) is 4.94. The largest absolute Gasteiger partial charge is 0.445 e. The van der Waals surface area contributed by atoms with Crippen molar-refractivity contribution in [1.29, 1.82) is 0 Å². The molecule has 1 aromatic rings. The van der Waals surface area contributed by atoms with Gasteiger partial charge in [0.1, 0.15) is 6.61 Å². The van der Waals surface area contributed by atoms with Gasteiger partial charge >= 0.3 is 12.1 Å². The van der Waals surface area contributed by atoms with Crippen molar-refractivity contribution >= 4 is 12.1 Å². The molecule has 0 spiro atoms. The van der Waals surface area contributed by atoms with Crippen LogP contribution in [0, 0.1) is 0 Å². The van der Waals surface area contributed by atoms with Crippen LogP contribution in [-0.2, 0) is 11.3 Å². The quantitative estimate of drug-likeness (QED) is 0.855. The number of carbonyl (C=O) groups excluding carboxylic acids is 2. The van der Waals surface area contributed by atoms with Crippen LogP contribution in [0.4, 0.5) is 9.59 Å². The van der Waals surface area contributed by atoms with Crippen molar-refractivity contribution in [1.82, 2.24) is 14.7 Å². The normalized spacial score (nSPS) is 18.0. The van der Waals surface area contributed by atoms with E-state index in [9.17, 15) is 9.59 Å². The minimum absolute atomic E-state index is 0.0806. The van der Waals surface area contributed by atoms with Crippen LogP contribution in [0.5, 0.6) is 0 Å². The van der Waals surface area contributed by atoms with Crippen molar-refractivity contribution in [2.75, 3.05) is 33.2 Å². The number of amides is 3. The molecule has 1 saturated carbocycles. The first-order valence-corrected chi connectivity index (χ1v) is 8.62. The van der Waals surface area contributed by atoms with E-state index in [1.807, 2.05) is 47.2 Å². The number of rotatable bonds is 3. The molecule has 2 aliphatic rings. The summed E-state index contributed by atoms with van der Waals surface area (Å²) >= 11 is 0. The Morgan fingerprint density at radius 1 is 1.08 bits per heavy atom. The van der Waals surface area contributed by atoms with Crippen LogP contribution in [0.3, 0.4) is 0 Å². The lowest BCUT2D eigenvalue weighted by Gasteiger charge is -2.40. The summed E-state index contributed by atoms with van der Waals surface area (Å²) in [5.74, 6) is 0. The number of hydrogen-bond donors (Lipinski definition) is 0. The molecule has 1 aliphatic heterocycles. The SMILES string of the molecule is CN(C(=O)N1CCN(C(=O)OCc2ccccc2)CC1)C1CCC1. The van der Waals surface area contributed by atoms with Crippen LogP contribution in [-0.4, -0.2) is 66.1 Å². The van der Waals surface area contributed by atoms with E-state index in [4.69, 9.17) is 4.74 Å². The molecule has 1 aromatic carbocycles. The van der Waals surface area contributed by atoms with Gasteiger partial charge in [-0.1, -0.05) is 30.3 Å². The van der Waals surface area contributed by atoms with Gasteiger partial charge in [-0.2, -0.15) is 0 Å². The van der Waals surface area contributed by atoms with Crippen LogP contribution >= 0.6 is 0 Å². The Hall–Kier alpha value is -2.24. The molecular formula is C18H25N3O3. The maximum Gasteiger partial charge on any atom is 0.410 e. The monoisotopic (exact) mass is 331 g/mol. The van der Waals surface area contributed by atoms with Gasteiger partial charge in [-0.3, -0.25) is 0 Å². The van der Waals surface area contributed by atoms with Gasteiger partial charge in [0.2, 0.25) is 0 Å². The van der Waals surface area contributed by atoms with E-state index in [-0.39, 0.29) is 18.7 Å². The number of benzene rings is 1. The van der Waals surface area contributed by atoms with Crippen molar-refractivity contribution in [3.63, 3.8) is 0 Å². The van der Waals surface area contributed by atoms with E-state index in [2.05, 4.69) is 0 Å². The van der Waals surface area contributed by atoms with Crippen LogP contribution < -0.4 is 0 Å². The topological polar surface area (TPSA) is 53.1 Å². The Balaban J connectivity index is 1.42. The molecule has 0 atom stereocenters. The van der Waals surface area contributed by atoms with Crippen LogP contribution in [0.1, 0.15) is 24.8 Å². The molecular weight excluding hydrogens is 306 g/mol. The van der Waals surface area contributed by atoms with E-state index in [1.54, 1.807) is 4.90 Å². The minimum Gasteiger partial charge on any atom is -0.445 e. The maximum absolute atomic E-state index is 12.4. The second-order valence-corrected chi connectivity index (χ2v) is 6.49. The minimum atomic E-state index is -0.307. The molecule has 130 valence electrons. The average molecular weight is 331 g/mol. The Labute approximate surface area is 143 Å². The molecule has 0 N–H and O–H groups in total. The fraction of sp³-hybridized carbons (Fsp3) is 0.556. The van der Waals surface area contributed by atoms with E-state index < -0.39 is 0 Å². The van der Waals surface area contributed by atoms with E-state index >= 15 is 0 Å². The Kier molecular flexibility index (Phi) is 5.23. The fourth-order valence-electron chi connectivity index (χ4n) is 3.04. The lowest BCUT2D eigenvalue weighted by Crippen LogP contribution is -2.55. The summed E-state index contributed by atoms with van der Waals surface area (Å²) in [5.41, 5.74) is 0.974. The highest BCUT2D eigenvalue weighted by Crippen LogP contribution is 2.24. The molecule has 24 heavy (non-hydrogen) atoms. The highest BCUT2D eigenvalue weighted by molar-refractivity contribution is 5.75. The van der Waals surface area contributed by atoms with Gasteiger partial charge < -0.3 is 19.4 Å². The summed E-state index contributed by atoms with van der Waals surface area (Å²) < 4.78 is 5.35. The summed E-state index contributed by atoms with van der Waals surface area (Å²) in [7, 11) is 1.88. The second-order valence-electron chi connectivity index (χ2n) is 6.49. The first kappa shape index (κ1) is 16.6. The number of hydrogen-bond acceptors (Lipinski definition) is 3. The Bertz CT molecular complexity index is 566. The number of nitrogens with zero attached hydrogens (tertiary/aromatic N) is 3. The molecule has 0 aromatic heterocycles. The zero-order chi connectivity index (χ0) is 16.9. The number of ether oxygens (including phenoxy) is 1. The van der Waals surface area contributed by atoms with Gasteiger partial charge in [0.15, 0.2) is 0 Å². The van der Waals surface area contributed by atoms with Crippen molar-refractivity contribution in [2.45, 2.75) is 31.9 Å². The summed E-state index contributed by atoms with van der Waals surface area (Å²) in [5, 5.41) is 0. The van der Waals surface area contributed by atoms with Crippen molar-refractivity contribution in [3.05, 3.63) is 35.9 Å². The molecule has 6 nitrogen and oxygen atoms in total. The summed E-state index contributed by atoms with van der Waals surface area (Å²) in [6.07, 6.45) is 3.11. The van der Waals surface area contributed by atoms with Gasteiger partial charge in [0, 0.05) is 39.3 Å². The van der Waals surface area contributed by atoms with Gasteiger partial charge in [0.05, 0.1) is 0 Å². The van der Waals surface area contributed by atoms with Crippen molar-refractivity contribution < 1.29 is 14.3 Å². The van der Waals surface area contributed by atoms with Gasteiger partial charge in [-0.25, -0.2) is 9.59 Å². The first-order chi connectivity index (χ1) is 11.6. The van der Waals surface area contributed by atoms with E-state index in [1.165, 1.54) is 6.42 Å². The molecule has 0 radical (unpaired) electrons. The summed E-state index contributed by atoms with van der Waals surface area (Å²) in [4.78, 5) is 29.9. The van der Waals surface area contributed by atoms with Gasteiger partial charge in [0.25, 0.3) is 0 Å².